The van der Waals surface area contributed by atoms with Crippen molar-refractivity contribution < 1.29 is 26.6 Å². The van der Waals surface area contributed by atoms with E-state index in [1.54, 1.807) is 30.3 Å². The maximum Gasteiger partial charge on any atom is 0.407 e. The van der Waals surface area contributed by atoms with E-state index in [0.717, 1.165) is 19.3 Å². The summed E-state index contributed by atoms with van der Waals surface area (Å²) in [6, 6.07) is 11.1. The summed E-state index contributed by atoms with van der Waals surface area (Å²) in [6.07, 6.45) is 3.24. The standard InChI is InChI=1S/C25H27FN4O4.2H2/c26-16-8-9-21-20(13-16)24(29-23(28-21)19-6-1-2-7-22(19)31)30-11-10-17(14-30)27-25(32)34-15-18-5-3-4-12-33-18;;/h1-2,6-9,13,17-18,31H,3-5,10-12,14-15H2,(H,27,32);2*1H/t17-,18?;;/m0../s1. The predicted octanol–water partition coefficient (Wildman–Crippen LogP) is 4.51. The summed E-state index contributed by atoms with van der Waals surface area (Å²) in [6.45, 7) is 2.09. The van der Waals surface area contributed by atoms with E-state index in [1.165, 1.54) is 12.1 Å². The number of hydrogen-bond acceptors (Lipinski definition) is 7. The number of nitrogens with one attached hydrogen (secondary N) is 1. The Kier molecular flexibility index (Phi) is 6.44. The lowest BCUT2D eigenvalue weighted by Gasteiger charge is -2.23. The topological polar surface area (TPSA) is 96.8 Å². The molecule has 2 fully saturated rings. The molecule has 2 aliphatic rings. The molecule has 2 saturated heterocycles. The molecule has 0 aliphatic carbocycles. The lowest BCUT2D eigenvalue weighted by Crippen LogP contribution is -2.39. The first kappa shape index (κ1) is 22.3. The zero-order chi connectivity index (χ0) is 23.5. The number of fused-ring (bicyclic) bond motifs is 1. The number of ether oxygens (including phenoxy) is 2. The van der Waals surface area contributed by atoms with Gasteiger partial charge in [-0.15, -0.1) is 0 Å². The van der Waals surface area contributed by atoms with Crippen molar-refractivity contribution >= 4 is 22.8 Å². The van der Waals surface area contributed by atoms with E-state index in [-0.39, 0.29) is 33.2 Å². The number of carbonyl (C=O) groups excluding carboxylic acids is 1. The summed E-state index contributed by atoms with van der Waals surface area (Å²) in [4.78, 5) is 23.6. The minimum atomic E-state index is -0.463. The van der Waals surface area contributed by atoms with E-state index in [9.17, 15) is 14.3 Å². The summed E-state index contributed by atoms with van der Waals surface area (Å²) >= 11 is 0. The van der Waals surface area contributed by atoms with Crippen LogP contribution in [0.5, 0.6) is 5.75 Å². The molecular formula is C25H31FN4O4. The fraction of sp³-hybridized carbons (Fsp3) is 0.400. The predicted molar refractivity (Wildman–Crippen MR) is 130 cm³/mol. The Morgan fingerprint density at radius 1 is 1.24 bits per heavy atom. The largest absolute Gasteiger partial charge is 0.507 e. The number of rotatable bonds is 5. The molecule has 0 saturated carbocycles. The van der Waals surface area contributed by atoms with Gasteiger partial charge in [0.1, 0.15) is 24.0 Å². The lowest BCUT2D eigenvalue weighted by atomic mass is 10.1. The normalized spacial score (nSPS) is 20.4. The van der Waals surface area contributed by atoms with Crippen molar-refractivity contribution in [3.05, 3.63) is 48.3 Å². The Morgan fingerprint density at radius 3 is 2.94 bits per heavy atom. The van der Waals surface area contributed by atoms with Crippen LogP contribution in [0.4, 0.5) is 15.0 Å². The van der Waals surface area contributed by atoms with E-state index in [4.69, 9.17) is 14.5 Å². The fourth-order valence-electron chi connectivity index (χ4n) is 4.49. The molecule has 3 aromatic rings. The minimum Gasteiger partial charge on any atom is -0.507 e. The molecule has 2 atom stereocenters. The zero-order valence-corrected chi connectivity index (χ0v) is 18.7. The number of halogens is 1. The van der Waals surface area contributed by atoms with Gasteiger partial charge in [-0.05, 0) is 56.0 Å². The molecule has 34 heavy (non-hydrogen) atoms. The van der Waals surface area contributed by atoms with Crippen LogP contribution in [0.15, 0.2) is 42.5 Å². The van der Waals surface area contributed by atoms with Crippen LogP contribution in [-0.2, 0) is 9.47 Å². The lowest BCUT2D eigenvalue weighted by molar-refractivity contribution is -0.0226. The van der Waals surface area contributed by atoms with E-state index in [1.807, 2.05) is 4.90 Å². The van der Waals surface area contributed by atoms with Gasteiger partial charge in [0.05, 0.1) is 23.2 Å². The van der Waals surface area contributed by atoms with E-state index >= 15 is 0 Å². The Balaban J connectivity index is 0.00000180. The zero-order valence-electron chi connectivity index (χ0n) is 18.7. The van der Waals surface area contributed by atoms with Crippen LogP contribution < -0.4 is 10.2 Å². The van der Waals surface area contributed by atoms with Gasteiger partial charge in [0.2, 0.25) is 0 Å². The molecule has 2 aliphatic heterocycles. The molecule has 5 rings (SSSR count). The number of phenols is 1. The quantitative estimate of drug-likeness (QED) is 0.566. The highest BCUT2D eigenvalue weighted by Gasteiger charge is 2.28. The SMILES string of the molecule is O=C(N[C@H]1CCN(c2nc(-c3ccccc3O)nc3ccc(F)cc23)C1)OCC1CCCCO1.[HH].[HH]. The number of aromatic hydroxyl groups is 1. The number of benzene rings is 2. The van der Waals surface area contributed by atoms with Crippen molar-refractivity contribution in [2.75, 3.05) is 31.2 Å². The molecule has 8 nitrogen and oxygen atoms in total. The summed E-state index contributed by atoms with van der Waals surface area (Å²) in [5, 5.41) is 13.8. The van der Waals surface area contributed by atoms with Crippen LogP contribution in [0, 0.1) is 5.82 Å². The number of aromatic nitrogens is 2. The molecule has 2 N–H and O–H groups in total. The Hall–Kier alpha value is -3.46. The molecule has 1 unspecified atom stereocenters. The summed E-state index contributed by atoms with van der Waals surface area (Å²) < 4.78 is 25.0. The van der Waals surface area contributed by atoms with Gasteiger partial charge in [-0.25, -0.2) is 19.2 Å². The summed E-state index contributed by atoms with van der Waals surface area (Å²) in [5.74, 6) is 0.613. The number of nitrogens with zero attached hydrogens (tertiary/aromatic N) is 3. The Morgan fingerprint density at radius 2 is 2.12 bits per heavy atom. The fourth-order valence-corrected chi connectivity index (χ4v) is 4.49. The first-order valence-electron chi connectivity index (χ1n) is 11.6. The molecule has 2 aromatic carbocycles. The second-order valence-corrected chi connectivity index (χ2v) is 8.71. The highest BCUT2D eigenvalue weighted by atomic mass is 19.1. The van der Waals surface area contributed by atoms with Gasteiger partial charge < -0.3 is 24.8 Å². The van der Waals surface area contributed by atoms with Crippen LogP contribution in [0.3, 0.4) is 0 Å². The molecule has 3 heterocycles. The molecule has 1 amide bonds. The third kappa shape index (κ3) is 4.89. The Bertz CT molecular complexity index is 1200. The van der Waals surface area contributed by atoms with Crippen LogP contribution >= 0.6 is 0 Å². The third-order valence-corrected chi connectivity index (χ3v) is 6.27. The number of phenolic OH excluding ortho intramolecular Hbond substituents is 1. The average molecular weight is 471 g/mol. The van der Waals surface area contributed by atoms with Gasteiger partial charge in [-0.1, -0.05) is 12.1 Å². The van der Waals surface area contributed by atoms with Gasteiger partial charge in [-0.3, -0.25) is 0 Å². The van der Waals surface area contributed by atoms with Crippen molar-refractivity contribution in [3.8, 4) is 17.1 Å². The van der Waals surface area contributed by atoms with E-state index in [0.29, 0.717) is 54.2 Å². The molecular weight excluding hydrogens is 439 g/mol. The third-order valence-electron chi connectivity index (χ3n) is 6.27. The van der Waals surface area contributed by atoms with Crippen molar-refractivity contribution in [2.24, 2.45) is 0 Å². The van der Waals surface area contributed by atoms with Crippen LogP contribution in [-0.4, -0.2) is 59.6 Å². The van der Waals surface area contributed by atoms with Gasteiger partial charge in [0, 0.05) is 27.9 Å². The molecule has 1 aromatic heterocycles. The monoisotopic (exact) mass is 470 g/mol. The first-order chi connectivity index (χ1) is 16.6. The molecule has 0 spiro atoms. The van der Waals surface area contributed by atoms with E-state index < -0.39 is 6.09 Å². The Labute approximate surface area is 199 Å². The van der Waals surface area contributed by atoms with Crippen molar-refractivity contribution in [1.82, 2.24) is 15.3 Å². The van der Waals surface area contributed by atoms with Crippen LogP contribution in [0.25, 0.3) is 22.3 Å². The maximum atomic E-state index is 14.1. The number of alkyl carbamates (subject to hydrolysis) is 1. The smallest absolute Gasteiger partial charge is 0.407 e. The summed E-state index contributed by atoms with van der Waals surface area (Å²) in [7, 11) is 0. The number of para-hydroxylation sites is 1. The first-order valence-corrected chi connectivity index (χ1v) is 11.6. The van der Waals surface area contributed by atoms with Gasteiger partial charge in [0.15, 0.2) is 5.82 Å². The molecule has 0 bridgehead atoms. The van der Waals surface area contributed by atoms with E-state index in [2.05, 4.69) is 10.3 Å². The van der Waals surface area contributed by atoms with Gasteiger partial charge in [0.25, 0.3) is 0 Å². The van der Waals surface area contributed by atoms with Gasteiger partial charge >= 0.3 is 6.09 Å². The average Bonchev–Trinajstić information content (AvgIpc) is 3.31. The second-order valence-electron chi connectivity index (χ2n) is 8.71. The summed E-state index contributed by atoms with van der Waals surface area (Å²) in [5.41, 5.74) is 1.07. The van der Waals surface area contributed by atoms with Crippen molar-refractivity contribution in [2.45, 2.75) is 37.8 Å². The van der Waals surface area contributed by atoms with Crippen LogP contribution in [0.2, 0.25) is 0 Å². The number of amides is 1. The highest BCUT2D eigenvalue weighted by molar-refractivity contribution is 5.91. The minimum absolute atomic E-state index is 0. The molecule has 9 heteroatoms. The molecule has 0 radical (unpaired) electrons. The second kappa shape index (κ2) is 9.80. The van der Waals surface area contributed by atoms with Gasteiger partial charge in [-0.2, -0.15) is 0 Å². The number of hydrogen-bond donors (Lipinski definition) is 2. The maximum absolute atomic E-state index is 14.1. The molecule has 182 valence electrons. The van der Waals surface area contributed by atoms with Crippen molar-refractivity contribution in [3.63, 3.8) is 0 Å². The number of anilines is 1. The number of carbonyl (C=O) groups is 1. The van der Waals surface area contributed by atoms with Crippen molar-refractivity contribution in [1.29, 1.82) is 0 Å². The highest BCUT2D eigenvalue weighted by Crippen LogP contribution is 2.33. The van der Waals surface area contributed by atoms with Crippen LogP contribution in [0.1, 0.15) is 28.5 Å².